The SMILES string of the molecule is CC1(C)C(Cl)C1SC#N. The second kappa shape index (κ2) is 2.07. The average Bonchev–Trinajstić information content (AvgIpc) is 2.19. The highest BCUT2D eigenvalue weighted by molar-refractivity contribution is 8.04. The summed E-state index contributed by atoms with van der Waals surface area (Å²) in [6.45, 7) is 4.17. The number of thiocyanates is 1. The molecular formula is C6H8ClNS. The van der Waals surface area contributed by atoms with Crippen molar-refractivity contribution in [2.75, 3.05) is 0 Å². The molecule has 0 aliphatic heterocycles. The minimum absolute atomic E-state index is 0.182. The third kappa shape index (κ3) is 1.04. The molecule has 0 spiro atoms. The van der Waals surface area contributed by atoms with Gasteiger partial charge < -0.3 is 0 Å². The van der Waals surface area contributed by atoms with E-state index in [2.05, 4.69) is 13.8 Å². The van der Waals surface area contributed by atoms with Crippen LogP contribution >= 0.6 is 23.4 Å². The molecule has 1 saturated carbocycles. The molecule has 0 radical (unpaired) electrons. The Kier molecular flexibility index (Phi) is 1.67. The van der Waals surface area contributed by atoms with E-state index in [9.17, 15) is 0 Å². The number of hydrogen-bond acceptors (Lipinski definition) is 2. The van der Waals surface area contributed by atoms with Crippen LogP contribution in [-0.4, -0.2) is 10.6 Å². The van der Waals surface area contributed by atoms with Gasteiger partial charge in [0.2, 0.25) is 0 Å². The van der Waals surface area contributed by atoms with Gasteiger partial charge in [-0.1, -0.05) is 13.8 Å². The van der Waals surface area contributed by atoms with Crippen LogP contribution in [-0.2, 0) is 0 Å². The second-order valence-electron chi connectivity index (χ2n) is 2.85. The maximum Gasteiger partial charge on any atom is 0.133 e. The molecule has 0 heterocycles. The standard InChI is InChI=1S/C6H8ClNS/c1-6(2)4(7)5(6)9-3-8/h4-5H,1-2H3. The van der Waals surface area contributed by atoms with Crippen molar-refractivity contribution in [1.82, 2.24) is 0 Å². The van der Waals surface area contributed by atoms with Crippen LogP contribution in [0.4, 0.5) is 0 Å². The van der Waals surface area contributed by atoms with E-state index in [0.29, 0.717) is 5.25 Å². The Morgan fingerprint density at radius 3 is 2.22 bits per heavy atom. The van der Waals surface area contributed by atoms with E-state index in [-0.39, 0.29) is 10.8 Å². The van der Waals surface area contributed by atoms with Gasteiger partial charge in [0.15, 0.2) is 0 Å². The van der Waals surface area contributed by atoms with Crippen molar-refractivity contribution in [3.05, 3.63) is 0 Å². The fourth-order valence-electron chi connectivity index (χ4n) is 0.798. The summed E-state index contributed by atoms with van der Waals surface area (Å²) in [6.07, 6.45) is 0. The lowest BCUT2D eigenvalue weighted by atomic mass is 10.2. The lowest BCUT2D eigenvalue weighted by Gasteiger charge is -1.93. The number of hydrogen-bond donors (Lipinski definition) is 0. The molecule has 2 unspecified atom stereocenters. The third-order valence-electron chi connectivity index (χ3n) is 1.78. The van der Waals surface area contributed by atoms with E-state index in [0.717, 1.165) is 0 Å². The molecule has 3 heteroatoms. The molecule has 1 aliphatic carbocycles. The second-order valence-corrected chi connectivity index (χ2v) is 4.25. The van der Waals surface area contributed by atoms with Crippen LogP contribution in [0.3, 0.4) is 0 Å². The Bertz CT molecular complexity index is 161. The highest BCUT2D eigenvalue weighted by atomic mass is 35.5. The van der Waals surface area contributed by atoms with Gasteiger partial charge in [-0.05, 0) is 17.2 Å². The van der Waals surface area contributed by atoms with Crippen LogP contribution in [0, 0.1) is 16.1 Å². The monoisotopic (exact) mass is 161 g/mol. The van der Waals surface area contributed by atoms with Crippen molar-refractivity contribution < 1.29 is 0 Å². The highest BCUT2D eigenvalue weighted by Crippen LogP contribution is 2.56. The first kappa shape index (κ1) is 7.24. The van der Waals surface area contributed by atoms with Crippen molar-refractivity contribution in [3.8, 4) is 5.40 Å². The van der Waals surface area contributed by atoms with Gasteiger partial charge >= 0.3 is 0 Å². The Morgan fingerprint density at radius 1 is 1.67 bits per heavy atom. The fourth-order valence-corrected chi connectivity index (χ4v) is 2.37. The molecule has 1 aliphatic rings. The molecule has 0 aromatic rings. The first-order chi connectivity index (χ1) is 4.10. The lowest BCUT2D eigenvalue weighted by molar-refractivity contribution is 0.660. The van der Waals surface area contributed by atoms with Gasteiger partial charge in [0.25, 0.3) is 0 Å². The number of rotatable bonds is 1. The van der Waals surface area contributed by atoms with Crippen LogP contribution in [0.1, 0.15) is 13.8 Å². The maximum atomic E-state index is 8.28. The predicted octanol–water partition coefficient (Wildman–Crippen LogP) is 2.22. The molecule has 1 fully saturated rings. The minimum Gasteiger partial charge on any atom is -0.185 e. The molecule has 0 saturated heterocycles. The van der Waals surface area contributed by atoms with Gasteiger partial charge in [-0.3, -0.25) is 0 Å². The smallest absolute Gasteiger partial charge is 0.133 e. The van der Waals surface area contributed by atoms with Crippen molar-refractivity contribution in [1.29, 1.82) is 5.26 Å². The zero-order valence-corrected chi connectivity index (χ0v) is 6.96. The molecule has 1 rings (SSSR count). The van der Waals surface area contributed by atoms with Crippen molar-refractivity contribution >= 4 is 23.4 Å². The summed E-state index contributed by atoms with van der Waals surface area (Å²) >= 11 is 7.14. The third-order valence-corrected chi connectivity index (χ3v) is 3.98. The van der Waals surface area contributed by atoms with Gasteiger partial charge in [-0.15, -0.1) is 11.6 Å². The average molecular weight is 162 g/mol. The summed E-state index contributed by atoms with van der Waals surface area (Å²) in [4.78, 5) is 0. The van der Waals surface area contributed by atoms with Crippen LogP contribution in [0.25, 0.3) is 0 Å². The van der Waals surface area contributed by atoms with Gasteiger partial charge in [0, 0.05) is 5.25 Å². The topological polar surface area (TPSA) is 23.8 Å². The number of alkyl halides is 1. The van der Waals surface area contributed by atoms with Crippen LogP contribution in [0.5, 0.6) is 0 Å². The van der Waals surface area contributed by atoms with Crippen LogP contribution in [0.2, 0.25) is 0 Å². The van der Waals surface area contributed by atoms with Crippen LogP contribution < -0.4 is 0 Å². The molecule has 2 atom stereocenters. The molecule has 50 valence electrons. The van der Waals surface area contributed by atoms with E-state index in [1.54, 1.807) is 0 Å². The van der Waals surface area contributed by atoms with Gasteiger partial charge in [-0.2, -0.15) is 5.26 Å². The predicted molar refractivity (Wildman–Crippen MR) is 40.4 cm³/mol. The van der Waals surface area contributed by atoms with Gasteiger partial charge in [0.05, 0.1) is 5.38 Å². The van der Waals surface area contributed by atoms with E-state index in [1.165, 1.54) is 11.8 Å². The molecular weight excluding hydrogens is 154 g/mol. The van der Waals surface area contributed by atoms with E-state index in [1.807, 2.05) is 5.40 Å². The number of halogens is 1. The largest absolute Gasteiger partial charge is 0.185 e. The van der Waals surface area contributed by atoms with Crippen molar-refractivity contribution in [2.45, 2.75) is 24.5 Å². The number of thioether (sulfide) groups is 1. The molecule has 0 aromatic heterocycles. The summed E-state index contributed by atoms with van der Waals surface area (Å²) in [7, 11) is 0. The van der Waals surface area contributed by atoms with E-state index < -0.39 is 0 Å². The summed E-state index contributed by atoms with van der Waals surface area (Å²) in [5, 5.41) is 10.9. The first-order valence-electron chi connectivity index (χ1n) is 2.79. The highest BCUT2D eigenvalue weighted by Gasteiger charge is 2.57. The summed E-state index contributed by atoms with van der Waals surface area (Å²) in [6, 6.07) is 0. The van der Waals surface area contributed by atoms with Crippen molar-refractivity contribution in [2.24, 2.45) is 5.41 Å². The lowest BCUT2D eigenvalue weighted by Crippen LogP contribution is -1.89. The fraction of sp³-hybridized carbons (Fsp3) is 0.833. The molecule has 0 amide bonds. The Hall–Kier alpha value is 0.130. The number of nitrogens with zero attached hydrogens (tertiary/aromatic N) is 1. The summed E-state index contributed by atoms with van der Waals surface area (Å²) in [5.74, 6) is 0. The Morgan fingerprint density at radius 2 is 2.11 bits per heavy atom. The molecule has 0 bridgehead atoms. The molecule has 1 nitrogen and oxygen atoms in total. The van der Waals surface area contributed by atoms with Gasteiger partial charge in [-0.25, -0.2) is 0 Å². The van der Waals surface area contributed by atoms with Crippen LogP contribution in [0.15, 0.2) is 0 Å². The van der Waals surface area contributed by atoms with E-state index >= 15 is 0 Å². The summed E-state index contributed by atoms with van der Waals surface area (Å²) < 4.78 is 0. The maximum absolute atomic E-state index is 8.28. The number of nitriles is 1. The Balaban J connectivity index is 2.45. The zero-order chi connectivity index (χ0) is 7.07. The zero-order valence-electron chi connectivity index (χ0n) is 5.39. The van der Waals surface area contributed by atoms with Gasteiger partial charge in [0.1, 0.15) is 5.40 Å². The van der Waals surface area contributed by atoms with Crippen molar-refractivity contribution in [3.63, 3.8) is 0 Å². The van der Waals surface area contributed by atoms with E-state index in [4.69, 9.17) is 16.9 Å². The minimum atomic E-state index is 0.182. The quantitative estimate of drug-likeness (QED) is 0.435. The normalized spacial score (nSPS) is 37.6. The molecule has 0 N–H and O–H groups in total. The summed E-state index contributed by atoms with van der Waals surface area (Å²) in [5.41, 5.74) is 0.182. The Labute approximate surface area is 64.4 Å². The molecule has 9 heavy (non-hydrogen) atoms. The molecule has 0 aromatic carbocycles. The first-order valence-corrected chi connectivity index (χ1v) is 4.11.